The summed E-state index contributed by atoms with van der Waals surface area (Å²) < 4.78 is 0. The zero-order chi connectivity index (χ0) is 12.8. The highest BCUT2D eigenvalue weighted by Crippen LogP contribution is 2.24. The van der Waals surface area contributed by atoms with Gasteiger partial charge in [-0.15, -0.1) is 22.7 Å². The molecule has 5 heteroatoms. The van der Waals surface area contributed by atoms with Gasteiger partial charge in [-0.05, 0) is 22.9 Å². The molecular formula is C13H16N2OS2. The van der Waals surface area contributed by atoms with Crippen LogP contribution in [0, 0.1) is 0 Å². The van der Waals surface area contributed by atoms with Crippen LogP contribution in [0.2, 0.25) is 0 Å². The Morgan fingerprint density at radius 1 is 1.28 bits per heavy atom. The standard InChI is InChI=1S/C13H16N2OS2/c1-14-13(16)9-15-11(12-5-3-7-18-12)8-10-4-2-6-17-10/h2-7,11,15H,8-9H2,1H3,(H,14,16). The normalized spacial score (nSPS) is 12.3. The summed E-state index contributed by atoms with van der Waals surface area (Å²) in [6, 6.07) is 8.56. The fourth-order valence-electron chi connectivity index (χ4n) is 1.70. The lowest BCUT2D eigenvalue weighted by Gasteiger charge is -2.16. The highest BCUT2D eigenvalue weighted by Gasteiger charge is 2.14. The molecule has 96 valence electrons. The van der Waals surface area contributed by atoms with Crippen molar-refractivity contribution in [1.29, 1.82) is 0 Å². The van der Waals surface area contributed by atoms with Gasteiger partial charge in [-0.25, -0.2) is 0 Å². The molecule has 2 aromatic rings. The molecule has 0 aliphatic carbocycles. The third kappa shape index (κ3) is 3.66. The summed E-state index contributed by atoms with van der Waals surface area (Å²) in [5, 5.41) is 10.1. The van der Waals surface area contributed by atoms with Crippen molar-refractivity contribution < 1.29 is 4.79 Å². The van der Waals surface area contributed by atoms with Crippen molar-refractivity contribution in [1.82, 2.24) is 10.6 Å². The van der Waals surface area contributed by atoms with E-state index in [-0.39, 0.29) is 11.9 Å². The number of thiophene rings is 2. The molecule has 1 unspecified atom stereocenters. The molecular weight excluding hydrogens is 264 g/mol. The van der Waals surface area contributed by atoms with Crippen molar-refractivity contribution in [3.8, 4) is 0 Å². The zero-order valence-electron chi connectivity index (χ0n) is 10.2. The topological polar surface area (TPSA) is 41.1 Å². The summed E-state index contributed by atoms with van der Waals surface area (Å²) >= 11 is 3.48. The van der Waals surface area contributed by atoms with Gasteiger partial charge < -0.3 is 10.6 Å². The predicted molar refractivity (Wildman–Crippen MR) is 77.2 cm³/mol. The second-order valence-electron chi connectivity index (χ2n) is 3.91. The van der Waals surface area contributed by atoms with E-state index in [4.69, 9.17) is 0 Å². The SMILES string of the molecule is CNC(=O)CNC(Cc1cccs1)c1cccs1. The maximum atomic E-state index is 11.3. The van der Waals surface area contributed by atoms with Gasteiger partial charge in [-0.3, -0.25) is 4.79 Å². The molecule has 0 saturated carbocycles. The summed E-state index contributed by atoms with van der Waals surface area (Å²) in [5.74, 6) is 0.0164. The van der Waals surface area contributed by atoms with Crippen LogP contribution in [0.4, 0.5) is 0 Å². The first kappa shape index (κ1) is 13.3. The van der Waals surface area contributed by atoms with E-state index < -0.39 is 0 Å². The Labute approximate surface area is 115 Å². The van der Waals surface area contributed by atoms with Crippen molar-refractivity contribution in [3.63, 3.8) is 0 Å². The quantitative estimate of drug-likeness (QED) is 0.853. The highest BCUT2D eigenvalue weighted by molar-refractivity contribution is 7.10. The lowest BCUT2D eigenvalue weighted by Crippen LogP contribution is -2.34. The van der Waals surface area contributed by atoms with Crippen molar-refractivity contribution in [2.24, 2.45) is 0 Å². The second-order valence-corrected chi connectivity index (χ2v) is 5.92. The van der Waals surface area contributed by atoms with E-state index in [0.717, 1.165) is 6.42 Å². The lowest BCUT2D eigenvalue weighted by atomic mass is 10.1. The minimum atomic E-state index is 0.0164. The van der Waals surface area contributed by atoms with Crippen molar-refractivity contribution in [2.45, 2.75) is 12.5 Å². The second kappa shape index (κ2) is 6.68. The molecule has 3 nitrogen and oxygen atoms in total. The van der Waals surface area contributed by atoms with Gasteiger partial charge in [0, 0.05) is 29.3 Å². The fourth-order valence-corrected chi connectivity index (χ4v) is 3.25. The molecule has 0 bridgehead atoms. The Kier molecular flexibility index (Phi) is 4.92. The first-order chi connectivity index (χ1) is 8.79. The highest BCUT2D eigenvalue weighted by atomic mass is 32.1. The molecule has 1 atom stereocenters. The Balaban J connectivity index is 2.01. The van der Waals surface area contributed by atoms with E-state index in [1.807, 2.05) is 6.07 Å². The van der Waals surface area contributed by atoms with Crippen LogP contribution < -0.4 is 10.6 Å². The summed E-state index contributed by atoms with van der Waals surface area (Å²) in [6.45, 7) is 0.352. The molecule has 2 N–H and O–H groups in total. The molecule has 0 fully saturated rings. The van der Waals surface area contributed by atoms with Crippen molar-refractivity contribution in [2.75, 3.05) is 13.6 Å². The molecule has 0 aliphatic rings. The molecule has 2 heterocycles. The fraction of sp³-hybridized carbons (Fsp3) is 0.308. The molecule has 2 rings (SSSR count). The predicted octanol–water partition coefficient (Wildman–Crippen LogP) is 2.43. The summed E-state index contributed by atoms with van der Waals surface area (Å²) in [4.78, 5) is 13.9. The van der Waals surface area contributed by atoms with Gasteiger partial charge in [-0.1, -0.05) is 12.1 Å². The van der Waals surface area contributed by atoms with Crippen LogP contribution in [0.5, 0.6) is 0 Å². The molecule has 0 aromatic carbocycles. The van der Waals surface area contributed by atoms with Gasteiger partial charge in [0.05, 0.1) is 6.54 Å². The van der Waals surface area contributed by atoms with E-state index >= 15 is 0 Å². The van der Waals surface area contributed by atoms with Crippen molar-refractivity contribution >= 4 is 28.6 Å². The summed E-state index contributed by atoms with van der Waals surface area (Å²) in [6.07, 6.45) is 0.926. The van der Waals surface area contributed by atoms with Crippen LogP contribution in [-0.4, -0.2) is 19.5 Å². The van der Waals surface area contributed by atoms with Gasteiger partial charge in [0.25, 0.3) is 0 Å². The third-order valence-electron chi connectivity index (χ3n) is 2.66. The van der Waals surface area contributed by atoms with Crippen LogP contribution in [0.1, 0.15) is 15.8 Å². The number of nitrogens with one attached hydrogen (secondary N) is 2. The van der Waals surface area contributed by atoms with E-state index in [9.17, 15) is 4.79 Å². The minimum absolute atomic E-state index is 0.0164. The number of amides is 1. The lowest BCUT2D eigenvalue weighted by molar-refractivity contribution is -0.119. The molecule has 18 heavy (non-hydrogen) atoms. The van der Waals surface area contributed by atoms with Crippen LogP contribution in [0.3, 0.4) is 0 Å². The number of hydrogen-bond acceptors (Lipinski definition) is 4. The van der Waals surface area contributed by atoms with E-state index in [2.05, 4.69) is 39.6 Å². The van der Waals surface area contributed by atoms with Crippen LogP contribution in [0.15, 0.2) is 35.0 Å². The van der Waals surface area contributed by atoms with E-state index in [1.165, 1.54) is 9.75 Å². The molecule has 0 saturated heterocycles. The number of carbonyl (C=O) groups is 1. The van der Waals surface area contributed by atoms with Crippen LogP contribution >= 0.6 is 22.7 Å². The Morgan fingerprint density at radius 2 is 2.06 bits per heavy atom. The minimum Gasteiger partial charge on any atom is -0.358 e. The molecule has 1 amide bonds. The molecule has 2 aromatic heterocycles. The van der Waals surface area contributed by atoms with Gasteiger partial charge >= 0.3 is 0 Å². The van der Waals surface area contributed by atoms with Crippen LogP contribution in [0.25, 0.3) is 0 Å². The monoisotopic (exact) mass is 280 g/mol. The van der Waals surface area contributed by atoms with E-state index in [0.29, 0.717) is 6.54 Å². The first-order valence-electron chi connectivity index (χ1n) is 5.79. The number of hydrogen-bond donors (Lipinski definition) is 2. The molecule has 0 radical (unpaired) electrons. The zero-order valence-corrected chi connectivity index (χ0v) is 11.8. The Morgan fingerprint density at radius 3 is 2.67 bits per heavy atom. The number of likely N-dealkylation sites (N-methyl/N-ethyl adjacent to an activating group) is 1. The molecule has 0 spiro atoms. The third-order valence-corrected chi connectivity index (χ3v) is 4.54. The average molecular weight is 280 g/mol. The Bertz CT molecular complexity index is 465. The van der Waals surface area contributed by atoms with Gasteiger partial charge in [0.15, 0.2) is 0 Å². The van der Waals surface area contributed by atoms with Crippen LogP contribution in [-0.2, 0) is 11.2 Å². The first-order valence-corrected chi connectivity index (χ1v) is 7.55. The molecule has 0 aliphatic heterocycles. The average Bonchev–Trinajstić information content (AvgIpc) is 3.06. The van der Waals surface area contributed by atoms with Gasteiger partial charge in [0.1, 0.15) is 0 Å². The van der Waals surface area contributed by atoms with Gasteiger partial charge in [0.2, 0.25) is 5.91 Å². The summed E-state index contributed by atoms with van der Waals surface area (Å²) in [7, 11) is 1.66. The van der Waals surface area contributed by atoms with Crippen molar-refractivity contribution in [3.05, 3.63) is 44.8 Å². The number of carbonyl (C=O) groups excluding carboxylic acids is 1. The summed E-state index contributed by atoms with van der Waals surface area (Å²) in [5.41, 5.74) is 0. The number of rotatable bonds is 6. The van der Waals surface area contributed by atoms with Gasteiger partial charge in [-0.2, -0.15) is 0 Å². The Hall–Kier alpha value is -1.17. The smallest absolute Gasteiger partial charge is 0.233 e. The van der Waals surface area contributed by atoms with E-state index in [1.54, 1.807) is 29.7 Å². The largest absolute Gasteiger partial charge is 0.358 e. The maximum absolute atomic E-state index is 11.3. The maximum Gasteiger partial charge on any atom is 0.233 e.